The van der Waals surface area contributed by atoms with Crippen LogP contribution in [0.25, 0.3) is 0 Å². The van der Waals surface area contributed by atoms with Crippen LogP contribution in [0, 0.1) is 0 Å². The van der Waals surface area contributed by atoms with Gasteiger partial charge in [0.1, 0.15) is 18.1 Å². The van der Waals surface area contributed by atoms with Gasteiger partial charge in [0, 0.05) is 42.7 Å². The van der Waals surface area contributed by atoms with E-state index in [1.165, 1.54) is 4.88 Å². The third-order valence-corrected chi connectivity index (χ3v) is 5.80. The van der Waals surface area contributed by atoms with Crippen LogP contribution in [0.5, 0.6) is 11.5 Å². The molecule has 1 aromatic heterocycles. The molecule has 1 aliphatic rings. The number of aromatic hydroxyl groups is 1. The van der Waals surface area contributed by atoms with Crippen molar-refractivity contribution in [2.45, 2.75) is 12.6 Å². The molecular formula is C22H26Cl2N2O2S. The number of halogens is 2. The highest BCUT2D eigenvalue weighted by Gasteiger charge is 2.27. The Morgan fingerprint density at radius 2 is 1.76 bits per heavy atom. The molecule has 1 atom stereocenters. The minimum atomic E-state index is 0. The molecule has 0 unspecified atom stereocenters. The number of nitrogens with zero attached hydrogens (tertiary/aromatic N) is 1. The molecule has 0 radical (unpaired) electrons. The summed E-state index contributed by atoms with van der Waals surface area (Å²) in [4.78, 5) is 3.69. The van der Waals surface area contributed by atoms with E-state index in [1.54, 1.807) is 17.4 Å². The van der Waals surface area contributed by atoms with E-state index in [1.807, 2.05) is 42.5 Å². The normalized spacial score (nSPS) is 15.0. The number of benzene rings is 2. The zero-order valence-corrected chi connectivity index (χ0v) is 18.4. The average Bonchev–Trinajstić information content (AvgIpc) is 3.24. The van der Waals surface area contributed by atoms with Crippen molar-refractivity contribution in [3.8, 4) is 11.5 Å². The summed E-state index contributed by atoms with van der Waals surface area (Å²) in [5, 5.41) is 16.3. The van der Waals surface area contributed by atoms with Gasteiger partial charge in [-0.15, -0.1) is 36.2 Å². The lowest BCUT2D eigenvalue weighted by Gasteiger charge is -2.35. The van der Waals surface area contributed by atoms with Crippen molar-refractivity contribution in [1.82, 2.24) is 10.2 Å². The molecule has 0 amide bonds. The Balaban J connectivity index is 0.00000150. The van der Waals surface area contributed by atoms with Gasteiger partial charge >= 0.3 is 0 Å². The Morgan fingerprint density at radius 3 is 2.41 bits per heavy atom. The van der Waals surface area contributed by atoms with Crippen molar-refractivity contribution in [1.29, 1.82) is 0 Å². The molecule has 1 fully saturated rings. The molecule has 0 spiro atoms. The van der Waals surface area contributed by atoms with Crippen molar-refractivity contribution < 1.29 is 9.84 Å². The highest BCUT2D eigenvalue weighted by Crippen LogP contribution is 2.38. The van der Waals surface area contributed by atoms with Crippen molar-refractivity contribution in [2.24, 2.45) is 0 Å². The first-order chi connectivity index (χ1) is 13.3. The van der Waals surface area contributed by atoms with E-state index in [0.717, 1.165) is 37.3 Å². The molecule has 7 heteroatoms. The Morgan fingerprint density at radius 1 is 1.00 bits per heavy atom. The number of phenolic OH excluding ortho intramolecular Hbond substituents is 1. The Labute approximate surface area is 188 Å². The average molecular weight is 453 g/mol. The van der Waals surface area contributed by atoms with Gasteiger partial charge in [-0.1, -0.05) is 36.4 Å². The summed E-state index contributed by atoms with van der Waals surface area (Å²) < 4.78 is 5.86. The maximum atomic E-state index is 10.8. The lowest BCUT2D eigenvalue weighted by molar-refractivity contribution is 0.198. The van der Waals surface area contributed by atoms with Gasteiger partial charge in [0.05, 0.1) is 6.04 Å². The second kappa shape index (κ2) is 11.4. The van der Waals surface area contributed by atoms with Crippen LogP contribution in [0.1, 0.15) is 22.0 Å². The van der Waals surface area contributed by atoms with Crippen LogP contribution in [0.3, 0.4) is 0 Å². The Hall–Kier alpha value is -1.76. The van der Waals surface area contributed by atoms with Gasteiger partial charge in [-0.05, 0) is 29.1 Å². The van der Waals surface area contributed by atoms with Crippen LogP contribution in [0.2, 0.25) is 0 Å². The van der Waals surface area contributed by atoms with Crippen LogP contribution < -0.4 is 10.1 Å². The maximum absolute atomic E-state index is 10.8. The molecule has 29 heavy (non-hydrogen) atoms. The molecule has 3 aromatic rings. The summed E-state index contributed by atoms with van der Waals surface area (Å²) >= 11 is 1.74. The van der Waals surface area contributed by atoms with Crippen LogP contribution in [-0.2, 0) is 6.61 Å². The third kappa shape index (κ3) is 5.87. The van der Waals surface area contributed by atoms with Crippen molar-refractivity contribution in [3.05, 3.63) is 82.0 Å². The molecule has 1 aliphatic heterocycles. The van der Waals surface area contributed by atoms with E-state index >= 15 is 0 Å². The summed E-state index contributed by atoms with van der Waals surface area (Å²) in [7, 11) is 0. The van der Waals surface area contributed by atoms with E-state index in [2.05, 4.69) is 27.7 Å². The van der Waals surface area contributed by atoms with Crippen molar-refractivity contribution in [3.63, 3.8) is 0 Å². The highest BCUT2D eigenvalue weighted by atomic mass is 35.5. The first kappa shape index (κ1) is 23.5. The van der Waals surface area contributed by atoms with Gasteiger partial charge in [0.15, 0.2) is 0 Å². The topological polar surface area (TPSA) is 44.7 Å². The SMILES string of the molecule is Cl.Cl.Oc1cc(OCc2ccccc2)ccc1[C@H](c1cccs1)N1CCNCC1. The number of hydrogen-bond donors (Lipinski definition) is 2. The molecular weight excluding hydrogens is 427 g/mol. The zero-order valence-electron chi connectivity index (χ0n) is 16.0. The summed E-state index contributed by atoms with van der Waals surface area (Å²) in [6, 6.07) is 20.1. The summed E-state index contributed by atoms with van der Waals surface area (Å²) in [5.41, 5.74) is 2.05. The van der Waals surface area contributed by atoms with Crippen molar-refractivity contribution in [2.75, 3.05) is 26.2 Å². The molecule has 2 aromatic carbocycles. The minimum Gasteiger partial charge on any atom is -0.507 e. The van der Waals surface area contributed by atoms with Gasteiger partial charge in [-0.25, -0.2) is 0 Å². The van der Waals surface area contributed by atoms with E-state index < -0.39 is 0 Å². The van der Waals surface area contributed by atoms with Crippen LogP contribution in [-0.4, -0.2) is 36.2 Å². The second-order valence-electron chi connectivity index (χ2n) is 6.70. The number of nitrogens with one attached hydrogen (secondary N) is 1. The van der Waals surface area contributed by atoms with E-state index in [9.17, 15) is 5.11 Å². The zero-order chi connectivity index (χ0) is 18.5. The molecule has 1 saturated heterocycles. The fraction of sp³-hybridized carbons (Fsp3) is 0.273. The molecule has 4 rings (SSSR count). The van der Waals surface area contributed by atoms with Crippen LogP contribution in [0.4, 0.5) is 0 Å². The number of rotatable bonds is 6. The van der Waals surface area contributed by atoms with Crippen molar-refractivity contribution >= 4 is 36.2 Å². The lowest BCUT2D eigenvalue weighted by Crippen LogP contribution is -2.45. The molecule has 2 heterocycles. The molecule has 2 N–H and O–H groups in total. The van der Waals surface area contributed by atoms with Crippen LogP contribution in [0.15, 0.2) is 66.0 Å². The number of ether oxygens (including phenoxy) is 1. The van der Waals surface area contributed by atoms with Gasteiger partial charge in [-0.3, -0.25) is 4.90 Å². The quantitative estimate of drug-likeness (QED) is 0.559. The molecule has 0 aliphatic carbocycles. The smallest absolute Gasteiger partial charge is 0.124 e. The number of thiophene rings is 1. The highest BCUT2D eigenvalue weighted by molar-refractivity contribution is 7.10. The van der Waals surface area contributed by atoms with Gasteiger partial charge in [0.2, 0.25) is 0 Å². The predicted octanol–water partition coefficient (Wildman–Crippen LogP) is 4.87. The minimum absolute atomic E-state index is 0. The number of hydrogen-bond acceptors (Lipinski definition) is 5. The third-order valence-electron chi connectivity index (χ3n) is 4.87. The first-order valence-corrected chi connectivity index (χ1v) is 10.2. The molecule has 0 bridgehead atoms. The largest absolute Gasteiger partial charge is 0.507 e. The fourth-order valence-corrected chi connectivity index (χ4v) is 4.38. The Bertz CT molecular complexity index is 857. The summed E-state index contributed by atoms with van der Waals surface area (Å²) in [6.45, 7) is 4.37. The van der Waals surface area contributed by atoms with Crippen LogP contribution >= 0.6 is 36.2 Å². The predicted molar refractivity (Wildman–Crippen MR) is 124 cm³/mol. The second-order valence-corrected chi connectivity index (χ2v) is 7.68. The van der Waals surface area contributed by atoms with E-state index in [4.69, 9.17) is 4.74 Å². The van der Waals surface area contributed by atoms with Gasteiger partial charge in [0.25, 0.3) is 0 Å². The van der Waals surface area contributed by atoms with Gasteiger partial charge < -0.3 is 15.2 Å². The molecule has 0 saturated carbocycles. The van der Waals surface area contributed by atoms with E-state index in [-0.39, 0.29) is 36.6 Å². The number of piperazine rings is 1. The van der Waals surface area contributed by atoms with E-state index in [0.29, 0.717) is 12.4 Å². The fourth-order valence-electron chi connectivity index (χ4n) is 3.50. The molecule has 4 nitrogen and oxygen atoms in total. The monoisotopic (exact) mass is 452 g/mol. The standard InChI is InChI=1S/C22H24N2O2S.2ClH/c25-20-15-18(26-16-17-5-2-1-3-6-17)8-9-19(20)22(21-7-4-14-27-21)24-12-10-23-11-13-24;;/h1-9,14-15,22-23,25H,10-13,16H2;2*1H/t22-;;/m1../s1. The first-order valence-electron chi connectivity index (χ1n) is 9.29. The lowest BCUT2D eigenvalue weighted by atomic mass is 10.0. The maximum Gasteiger partial charge on any atom is 0.124 e. The Kier molecular flexibility index (Phi) is 9.27. The molecule has 156 valence electrons. The number of phenols is 1. The van der Waals surface area contributed by atoms with Gasteiger partial charge in [-0.2, -0.15) is 0 Å². The summed E-state index contributed by atoms with van der Waals surface area (Å²) in [6.07, 6.45) is 0. The summed E-state index contributed by atoms with van der Waals surface area (Å²) in [5.74, 6) is 0.975.